The number of thioether (sulfide) groups is 1. The van der Waals surface area contributed by atoms with Gasteiger partial charge in [0.2, 0.25) is 5.91 Å². The summed E-state index contributed by atoms with van der Waals surface area (Å²) in [6.07, 6.45) is 0. The predicted molar refractivity (Wildman–Crippen MR) is 113 cm³/mol. The molecular weight excluding hydrogens is 388 g/mol. The van der Waals surface area contributed by atoms with E-state index in [0.29, 0.717) is 23.0 Å². The van der Waals surface area contributed by atoms with Crippen LogP contribution in [0.25, 0.3) is 11.4 Å². The summed E-state index contributed by atoms with van der Waals surface area (Å²) in [4.78, 5) is 23.6. The SMILES string of the molecule is CCn1c(SCC(=O)Nc2ccc(C(C)=O)cc2)nnc1-c1cccc(OC)c1. The largest absolute Gasteiger partial charge is 0.497 e. The third-order valence-corrected chi connectivity index (χ3v) is 5.24. The standard InChI is InChI=1S/C21H22N4O3S/c1-4-25-20(16-6-5-7-18(12-16)28-3)23-24-21(25)29-13-19(27)22-17-10-8-15(9-11-17)14(2)26/h5-12H,4,13H2,1-3H3,(H,22,27). The molecule has 0 fully saturated rings. The number of rotatable bonds is 8. The highest BCUT2D eigenvalue weighted by Crippen LogP contribution is 2.26. The molecule has 7 nitrogen and oxygen atoms in total. The van der Waals surface area contributed by atoms with Gasteiger partial charge in [0.05, 0.1) is 12.9 Å². The monoisotopic (exact) mass is 410 g/mol. The number of amides is 1. The zero-order valence-electron chi connectivity index (χ0n) is 16.5. The van der Waals surface area contributed by atoms with Crippen LogP contribution in [0.1, 0.15) is 24.2 Å². The lowest BCUT2D eigenvalue weighted by molar-refractivity contribution is -0.113. The number of ether oxygens (including phenoxy) is 1. The van der Waals surface area contributed by atoms with Gasteiger partial charge in [-0.15, -0.1) is 10.2 Å². The maximum atomic E-state index is 12.3. The van der Waals surface area contributed by atoms with Gasteiger partial charge in [-0.25, -0.2) is 0 Å². The smallest absolute Gasteiger partial charge is 0.234 e. The van der Waals surface area contributed by atoms with Crippen LogP contribution < -0.4 is 10.1 Å². The molecule has 8 heteroatoms. The molecule has 29 heavy (non-hydrogen) atoms. The van der Waals surface area contributed by atoms with Gasteiger partial charge in [0, 0.05) is 23.4 Å². The Labute approximate surface area is 173 Å². The lowest BCUT2D eigenvalue weighted by Gasteiger charge is -2.09. The highest BCUT2D eigenvalue weighted by molar-refractivity contribution is 7.99. The van der Waals surface area contributed by atoms with Crippen molar-refractivity contribution in [3.05, 3.63) is 54.1 Å². The first-order chi connectivity index (χ1) is 14.0. The molecule has 3 rings (SSSR count). The van der Waals surface area contributed by atoms with Crippen LogP contribution in [0, 0.1) is 0 Å². The van der Waals surface area contributed by atoms with Crippen molar-refractivity contribution in [2.24, 2.45) is 0 Å². The first kappa shape index (κ1) is 20.6. The molecule has 0 aliphatic rings. The molecule has 0 spiro atoms. The molecule has 0 atom stereocenters. The third kappa shape index (κ3) is 5.03. The van der Waals surface area contributed by atoms with Crippen molar-refractivity contribution < 1.29 is 14.3 Å². The van der Waals surface area contributed by atoms with Gasteiger partial charge in [-0.05, 0) is 50.2 Å². The summed E-state index contributed by atoms with van der Waals surface area (Å²) < 4.78 is 7.24. The normalized spacial score (nSPS) is 10.6. The van der Waals surface area contributed by atoms with Crippen LogP contribution in [0.4, 0.5) is 5.69 Å². The number of aromatic nitrogens is 3. The van der Waals surface area contributed by atoms with E-state index >= 15 is 0 Å². The summed E-state index contributed by atoms with van der Waals surface area (Å²) in [5, 5.41) is 12.0. The third-order valence-electron chi connectivity index (χ3n) is 4.27. The molecule has 0 aliphatic carbocycles. The number of carbonyl (C=O) groups is 2. The number of Topliss-reactive ketones (excluding diaryl/α,β-unsaturated/α-hetero) is 1. The van der Waals surface area contributed by atoms with Gasteiger partial charge < -0.3 is 14.6 Å². The van der Waals surface area contributed by atoms with E-state index in [1.54, 1.807) is 31.4 Å². The first-order valence-corrected chi connectivity index (χ1v) is 10.1. The van der Waals surface area contributed by atoms with E-state index in [9.17, 15) is 9.59 Å². The quantitative estimate of drug-likeness (QED) is 0.448. The van der Waals surface area contributed by atoms with E-state index in [1.807, 2.05) is 35.8 Å². The van der Waals surface area contributed by atoms with Crippen LogP contribution in [-0.4, -0.2) is 39.3 Å². The number of carbonyl (C=O) groups excluding carboxylic acids is 2. The van der Waals surface area contributed by atoms with Crippen molar-refractivity contribution in [1.82, 2.24) is 14.8 Å². The fourth-order valence-corrected chi connectivity index (χ4v) is 3.57. The van der Waals surface area contributed by atoms with Crippen molar-refractivity contribution in [3.8, 4) is 17.1 Å². The number of hydrogen-bond donors (Lipinski definition) is 1. The topological polar surface area (TPSA) is 86.1 Å². The van der Waals surface area contributed by atoms with Crippen molar-refractivity contribution >= 4 is 29.1 Å². The molecule has 0 saturated heterocycles. The molecule has 150 valence electrons. The van der Waals surface area contributed by atoms with Crippen LogP contribution in [0.15, 0.2) is 53.7 Å². The molecule has 1 heterocycles. The Morgan fingerprint density at radius 3 is 2.55 bits per heavy atom. The lowest BCUT2D eigenvalue weighted by atomic mass is 10.1. The molecule has 0 aliphatic heterocycles. The minimum atomic E-state index is -0.154. The molecular formula is C21H22N4O3S. The minimum absolute atomic E-state index is 0.0100. The second kappa shape index (κ2) is 9.38. The second-order valence-corrected chi connectivity index (χ2v) is 7.20. The van der Waals surface area contributed by atoms with E-state index in [-0.39, 0.29) is 17.4 Å². The summed E-state index contributed by atoms with van der Waals surface area (Å²) >= 11 is 1.32. The highest BCUT2D eigenvalue weighted by Gasteiger charge is 2.15. The van der Waals surface area contributed by atoms with E-state index in [4.69, 9.17) is 4.74 Å². The van der Waals surface area contributed by atoms with Gasteiger partial charge in [0.25, 0.3) is 0 Å². The van der Waals surface area contributed by atoms with Crippen molar-refractivity contribution in [2.75, 3.05) is 18.2 Å². The number of anilines is 1. The Bertz CT molecular complexity index is 1020. The molecule has 1 aromatic heterocycles. The molecule has 0 bridgehead atoms. The van der Waals surface area contributed by atoms with Crippen LogP contribution >= 0.6 is 11.8 Å². The molecule has 0 unspecified atom stereocenters. The summed E-state index contributed by atoms with van der Waals surface area (Å²) in [6, 6.07) is 14.5. The van der Waals surface area contributed by atoms with Gasteiger partial charge in [-0.2, -0.15) is 0 Å². The van der Waals surface area contributed by atoms with Crippen molar-refractivity contribution in [1.29, 1.82) is 0 Å². The van der Waals surface area contributed by atoms with Crippen LogP contribution in [-0.2, 0) is 11.3 Å². The Morgan fingerprint density at radius 1 is 1.14 bits per heavy atom. The molecule has 0 saturated carbocycles. The van der Waals surface area contributed by atoms with E-state index in [2.05, 4.69) is 15.5 Å². The fraction of sp³-hybridized carbons (Fsp3) is 0.238. The number of methoxy groups -OCH3 is 1. The zero-order valence-corrected chi connectivity index (χ0v) is 17.3. The van der Waals surface area contributed by atoms with E-state index in [1.165, 1.54) is 18.7 Å². The summed E-state index contributed by atoms with van der Waals surface area (Å²) in [5.74, 6) is 1.51. The number of ketones is 1. The van der Waals surface area contributed by atoms with Crippen molar-refractivity contribution in [3.63, 3.8) is 0 Å². The highest BCUT2D eigenvalue weighted by atomic mass is 32.2. The van der Waals surface area contributed by atoms with Gasteiger partial charge in [0.15, 0.2) is 16.8 Å². The predicted octanol–water partition coefficient (Wildman–Crippen LogP) is 3.91. The first-order valence-electron chi connectivity index (χ1n) is 9.13. The van der Waals surface area contributed by atoms with Gasteiger partial charge >= 0.3 is 0 Å². The number of benzene rings is 2. The summed E-state index contributed by atoms with van der Waals surface area (Å²) in [5.41, 5.74) is 2.16. The summed E-state index contributed by atoms with van der Waals surface area (Å²) in [7, 11) is 1.62. The molecule has 3 aromatic rings. The van der Waals surface area contributed by atoms with E-state index in [0.717, 1.165) is 17.1 Å². The Morgan fingerprint density at radius 2 is 1.90 bits per heavy atom. The minimum Gasteiger partial charge on any atom is -0.497 e. The fourth-order valence-electron chi connectivity index (χ4n) is 2.77. The number of nitrogens with zero attached hydrogens (tertiary/aromatic N) is 3. The Balaban J connectivity index is 1.66. The van der Waals surface area contributed by atoms with Gasteiger partial charge in [0.1, 0.15) is 5.75 Å². The van der Waals surface area contributed by atoms with Crippen molar-refractivity contribution in [2.45, 2.75) is 25.5 Å². The van der Waals surface area contributed by atoms with Gasteiger partial charge in [-0.1, -0.05) is 23.9 Å². The van der Waals surface area contributed by atoms with Gasteiger partial charge in [-0.3, -0.25) is 9.59 Å². The lowest BCUT2D eigenvalue weighted by Crippen LogP contribution is -2.14. The number of nitrogens with one attached hydrogen (secondary N) is 1. The maximum absolute atomic E-state index is 12.3. The number of hydrogen-bond acceptors (Lipinski definition) is 6. The van der Waals surface area contributed by atoms with Crippen LogP contribution in [0.3, 0.4) is 0 Å². The summed E-state index contributed by atoms with van der Waals surface area (Å²) in [6.45, 7) is 4.19. The molecule has 1 amide bonds. The zero-order chi connectivity index (χ0) is 20.8. The maximum Gasteiger partial charge on any atom is 0.234 e. The second-order valence-electron chi connectivity index (χ2n) is 6.25. The molecule has 1 N–H and O–H groups in total. The molecule has 0 radical (unpaired) electrons. The molecule has 2 aromatic carbocycles. The van der Waals surface area contributed by atoms with Crippen LogP contribution in [0.5, 0.6) is 5.75 Å². The van der Waals surface area contributed by atoms with E-state index < -0.39 is 0 Å². The Hall–Kier alpha value is -3.13. The average Bonchev–Trinajstić information content (AvgIpc) is 3.15. The van der Waals surface area contributed by atoms with Crippen LogP contribution in [0.2, 0.25) is 0 Å². The average molecular weight is 410 g/mol. The Kier molecular flexibility index (Phi) is 6.66.